The molecule has 0 heterocycles. The average molecular weight is 327 g/mol. The normalized spacial score (nSPS) is 11.5. The molecule has 0 aliphatic heterocycles. The Labute approximate surface area is 134 Å². The van der Waals surface area contributed by atoms with Crippen LogP contribution in [0.3, 0.4) is 0 Å². The predicted molar refractivity (Wildman–Crippen MR) is 82.6 cm³/mol. The molecule has 0 N–H and O–H groups in total. The van der Waals surface area contributed by atoms with Crippen LogP contribution < -0.4 is 0 Å². The lowest BCUT2D eigenvalue weighted by atomic mass is 10.1. The van der Waals surface area contributed by atoms with Gasteiger partial charge in [0.05, 0.1) is 9.85 Å². The first-order valence-electron chi connectivity index (χ1n) is 6.72. The van der Waals surface area contributed by atoms with Crippen LogP contribution in [0.1, 0.15) is 18.1 Å². The minimum Gasteiger partial charge on any atom is -0.318 e. The van der Waals surface area contributed by atoms with Crippen LogP contribution in [0.25, 0.3) is 11.1 Å². The van der Waals surface area contributed by atoms with Crippen LogP contribution in [0, 0.1) is 20.2 Å². The van der Waals surface area contributed by atoms with Crippen molar-refractivity contribution in [1.29, 1.82) is 0 Å². The topological polar surface area (TPSA) is 125 Å². The summed E-state index contributed by atoms with van der Waals surface area (Å²) in [6.45, 7) is 1.15. The van der Waals surface area contributed by atoms with Crippen molar-refractivity contribution in [2.75, 3.05) is 0 Å². The van der Waals surface area contributed by atoms with Crippen molar-refractivity contribution >= 4 is 23.1 Å². The van der Waals surface area contributed by atoms with Gasteiger partial charge in [-0.3, -0.25) is 20.2 Å². The molecule has 24 heavy (non-hydrogen) atoms. The fourth-order valence-corrected chi connectivity index (χ4v) is 2.51. The highest BCUT2D eigenvalue weighted by molar-refractivity contribution is 6.25. The molecular weight excluding hydrogens is 318 g/mol. The Morgan fingerprint density at radius 3 is 1.75 bits per heavy atom. The summed E-state index contributed by atoms with van der Waals surface area (Å²) in [6, 6.07) is 8.33. The third kappa shape index (κ3) is 2.47. The van der Waals surface area contributed by atoms with Gasteiger partial charge in [0.25, 0.3) is 11.4 Å². The number of nitrogens with zero attached hydrogens (tertiary/aromatic N) is 3. The van der Waals surface area contributed by atoms with Crippen LogP contribution in [0.4, 0.5) is 11.4 Å². The van der Waals surface area contributed by atoms with E-state index in [1.165, 1.54) is 36.4 Å². The molecule has 0 unspecified atom stereocenters. The first kappa shape index (κ1) is 15.3. The van der Waals surface area contributed by atoms with Crippen molar-refractivity contribution in [3.63, 3.8) is 0 Å². The molecule has 0 spiro atoms. The van der Waals surface area contributed by atoms with Gasteiger partial charge in [-0.1, -0.05) is 5.16 Å². The number of rotatable bonds is 3. The number of non-ortho nitro benzene ring substituents is 2. The Morgan fingerprint density at radius 1 is 0.917 bits per heavy atom. The monoisotopic (exact) mass is 327 g/mol. The Hall–Kier alpha value is -3.62. The number of fused-ring (bicyclic) bond motifs is 3. The molecule has 1 aliphatic carbocycles. The molecule has 1 aliphatic rings. The van der Waals surface area contributed by atoms with E-state index in [1.54, 1.807) is 0 Å². The van der Waals surface area contributed by atoms with E-state index in [0.29, 0.717) is 22.3 Å². The molecule has 120 valence electrons. The zero-order chi connectivity index (χ0) is 17.4. The Bertz CT molecular complexity index is 869. The smallest absolute Gasteiger partial charge is 0.318 e. The number of nitro groups is 2. The second-order valence-corrected chi connectivity index (χ2v) is 5.00. The maximum absolute atomic E-state index is 11.0. The molecular formula is C15H9N3O6. The lowest BCUT2D eigenvalue weighted by Gasteiger charge is -2.01. The Morgan fingerprint density at radius 2 is 1.38 bits per heavy atom. The van der Waals surface area contributed by atoms with Gasteiger partial charge >= 0.3 is 5.97 Å². The van der Waals surface area contributed by atoms with Crippen molar-refractivity contribution in [2.24, 2.45) is 5.16 Å². The molecule has 9 heteroatoms. The molecule has 2 aromatic rings. The summed E-state index contributed by atoms with van der Waals surface area (Å²) in [5.41, 5.74) is 1.82. The van der Waals surface area contributed by atoms with Gasteiger partial charge in [0, 0.05) is 42.3 Å². The number of oxime groups is 1. The van der Waals surface area contributed by atoms with Crippen molar-refractivity contribution in [3.05, 3.63) is 67.8 Å². The van der Waals surface area contributed by atoms with Gasteiger partial charge in [-0.2, -0.15) is 0 Å². The lowest BCUT2D eigenvalue weighted by Crippen LogP contribution is -2.03. The first-order chi connectivity index (χ1) is 11.4. The molecule has 3 rings (SSSR count). The molecule has 0 aromatic heterocycles. The van der Waals surface area contributed by atoms with E-state index in [2.05, 4.69) is 9.99 Å². The number of hydrogen-bond donors (Lipinski definition) is 0. The number of benzene rings is 2. The zero-order valence-electron chi connectivity index (χ0n) is 12.3. The van der Waals surface area contributed by atoms with Crippen LogP contribution in [-0.2, 0) is 9.63 Å². The lowest BCUT2D eigenvalue weighted by molar-refractivity contribution is -0.385. The Kier molecular flexibility index (Phi) is 3.53. The standard InChI is InChI=1S/C15H9N3O6/c1-8(19)24-16-15-13-6-9(17(20)21)2-4-11(13)12-5-3-10(18(22)23)7-14(12)15/h2-7H,1H3. The van der Waals surface area contributed by atoms with Gasteiger partial charge in [-0.15, -0.1) is 0 Å². The van der Waals surface area contributed by atoms with E-state index in [0.717, 1.165) is 6.92 Å². The van der Waals surface area contributed by atoms with Crippen LogP contribution in [0.2, 0.25) is 0 Å². The fraction of sp³-hybridized carbons (Fsp3) is 0.0667. The second kappa shape index (κ2) is 5.54. The van der Waals surface area contributed by atoms with Gasteiger partial charge < -0.3 is 4.84 Å². The van der Waals surface area contributed by atoms with Crippen molar-refractivity contribution in [3.8, 4) is 11.1 Å². The predicted octanol–water partition coefficient (Wildman–Crippen LogP) is 2.80. The summed E-state index contributed by atoms with van der Waals surface area (Å²) in [4.78, 5) is 36.5. The Balaban J connectivity index is 2.24. The molecule has 0 saturated carbocycles. The summed E-state index contributed by atoms with van der Waals surface area (Å²) in [5.74, 6) is -0.673. The summed E-state index contributed by atoms with van der Waals surface area (Å²) >= 11 is 0. The van der Waals surface area contributed by atoms with E-state index < -0.39 is 15.8 Å². The van der Waals surface area contributed by atoms with Gasteiger partial charge in [0.1, 0.15) is 5.71 Å². The summed E-state index contributed by atoms with van der Waals surface area (Å²) in [5, 5.41) is 25.7. The highest BCUT2D eigenvalue weighted by atomic mass is 16.7. The largest absolute Gasteiger partial charge is 0.332 e. The molecule has 0 fully saturated rings. The third-order valence-corrected chi connectivity index (χ3v) is 3.49. The quantitative estimate of drug-likeness (QED) is 0.413. The highest BCUT2D eigenvalue weighted by Gasteiger charge is 2.29. The zero-order valence-corrected chi connectivity index (χ0v) is 12.3. The SMILES string of the molecule is CC(=O)ON=C1c2cc([N+](=O)[O-])ccc2-c2ccc([N+](=O)[O-])cc21. The number of carbonyl (C=O) groups excluding carboxylic acids is 1. The molecule has 0 atom stereocenters. The van der Waals surface area contributed by atoms with Crippen LogP contribution in [-0.4, -0.2) is 21.5 Å². The van der Waals surface area contributed by atoms with Gasteiger partial charge in [-0.25, -0.2) is 4.79 Å². The summed E-state index contributed by atoms with van der Waals surface area (Å²) in [6.07, 6.45) is 0. The first-order valence-corrected chi connectivity index (χ1v) is 6.72. The third-order valence-electron chi connectivity index (χ3n) is 3.49. The van der Waals surface area contributed by atoms with Gasteiger partial charge in [0.2, 0.25) is 0 Å². The van der Waals surface area contributed by atoms with Crippen LogP contribution in [0.5, 0.6) is 0 Å². The fourth-order valence-electron chi connectivity index (χ4n) is 2.51. The molecule has 2 aromatic carbocycles. The molecule has 0 bridgehead atoms. The van der Waals surface area contributed by atoms with Gasteiger partial charge in [0.15, 0.2) is 0 Å². The van der Waals surface area contributed by atoms with Crippen molar-refractivity contribution in [2.45, 2.75) is 6.92 Å². The minimum absolute atomic E-state index is 0.141. The molecule has 0 amide bonds. The highest BCUT2D eigenvalue weighted by Crippen LogP contribution is 2.40. The van der Waals surface area contributed by atoms with E-state index in [-0.39, 0.29) is 17.1 Å². The van der Waals surface area contributed by atoms with Crippen LogP contribution in [0.15, 0.2) is 41.6 Å². The van der Waals surface area contributed by atoms with Crippen molar-refractivity contribution in [1.82, 2.24) is 0 Å². The van der Waals surface area contributed by atoms with Crippen molar-refractivity contribution < 1.29 is 19.5 Å². The maximum atomic E-state index is 11.0. The van der Waals surface area contributed by atoms with E-state index in [9.17, 15) is 25.0 Å². The molecule has 9 nitrogen and oxygen atoms in total. The van der Waals surface area contributed by atoms with E-state index in [4.69, 9.17) is 0 Å². The maximum Gasteiger partial charge on any atom is 0.332 e. The van der Waals surface area contributed by atoms with E-state index >= 15 is 0 Å². The van der Waals surface area contributed by atoms with Gasteiger partial charge in [-0.05, 0) is 23.3 Å². The summed E-state index contributed by atoms with van der Waals surface area (Å²) in [7, 11) is 0. The second-order valence-electron chi connectivity index (χ2n) is 5.00. The number of nitro benzene ring substituents is 2. The number of carbonyl (C=O) groups is 1. The minimum atomic E-state index is -0.673. The molecule has 0 radical (unpaired) electrons. The average Bonchev–Trinajstić information content (AvgIpc) is 2.84. The molecule has 0 saturated heterocycles. The van der Waals surface area contributed by atoms with E-state index in [1.807, 2.05) is 0 Å². The van der Waals surface area contributed by atoms with Crippen LogP contribution >= 0.6 is 0 Å². The number of hydrogen-bond acceptors (Lipinski definition) is 7. The summed E-state index contributed by atoms with van der Waals surface area (Å²) < 4.78 is 0.